The molecule has 3 aromatic heterocycles. The molecule has 0 aliphatic rings. The standard InChI is InChI=1S/C18H25N5O3/c1-13(2)23-16-11-19-22(18(16)14(3)20-23)7-6-17(25)21(8-9-24)12-15-5-4-10-26-15/h4-5,10-11,13,24H,6-9,12H2,1-3H3. The molecule has 0 unspecified atom stereocenters. The van der Waals surface area contributed by atoms with Crippen LogP contribution in [0.4, 0.5) is 0 Å². The number of aliphatic hydroxyl groups excluding tert-OH is 1. The van der Waals surface area contributed by atoms with Crippen LogP contribution in [0.25, 0.3) is 11.0 Å². The summed E-state index contributed by atoms with van der Waals surface area (Å²) in [6, 6.07) is 3.85. The first-order chi connectivity index (χ1) is 12.5. The number of fused-ring (bicyclic) bond motifs is 1. The monoisotopic (exact) mass is 359 g/mol. The fourth-order valence-corrected chi connectivity index (χ4v) is 3.10. The number of aryl methyl sites for hydroxylation is 2. The van der Waals surface area contributed by atoms with Crippen molar-refractivity contribution in [3.05, 3.63) is 36.0 Å². The molecule has 0 fully saturated rings. The van der Waals surface area contributed by atoms with Gasteiger partial charge in [-0.15, -0.1) is 0 Å². The zero-order valence-corrected chi connectivity index (χ0v) is 15.4. The molecule has 140 valence electrons. The Hall–Kier alpha value is -2.61. The maximum atomic E-state index is 12.6. The molecule has 0 saturated heterocycles. The molecule has 1 amide bonds. The number of carbonyl (C=O) groups excluding carboxylic acids is 1. The summed E-state index contributed by atoms with van der Waals surface area (Å²) in [4.78, 5) is 14.2. The van der Waals surface area contributed by atoms with Gasteiger partial charge in [0.2, 0.25) is 5.91 Å². The van der Waals surface area contributed by atoms with Crippen molar-refractivity contribution in [1.29, 1.82) is 0 Å². The fraction of sp³-hybridized carbons (Fsp3) is 0.500. The molecular formula is C18H25N5O3. The van der Waals surface area contributed by atoms with Crippen LogP contribution in [0.3, 0.4) is 0 Å². The Morgan fingerprint density at radius 3 is 2.88 bits per heavy atom. The van der Waals surface area contributed by atoms with Crippen LogP contribution in [0.2, 0.25) is 0 Å². The van der Waals surface area contributed by atoms with E-state index in [0.29, 0.717) is 25.3 Å². The molecule has 0 saturated carbocycles. The van der Waals surface area contributed by atoms with Gasteiger partial charge in [-0.05, 0) is 32.9 Å². The molecule has 0 aliphatic heterocycles. The Morgan fingerprint density at radius 1 is 1.42 bits per heavy atom. The van der Waals surface area contributed by atoms with Gasteiger partial charge in [0.05, 0.1) is 37.9 Å². The smallest absolute Gasteiger partial charge is 0.224 e. The van der Waals surface area contributed by atoms with Crippen molar-refractivity contribution in [2.45, 2.75) is 46.3 Å². The SMILES string of the molecule is Cc1nn(C(C)C)c2cnn(CCC(=O)N(CCO)Cc3ccco3)c12. The lowest BCUT2D eigenvalue weighted by molar-refractivity contribution is -0.132. The van der Waals surface area contributed by atoms with Crippen LogP contribution in [0.1, 0.15) is 37.8 Å². The number of hydrogen-bond acceptors (Lipinski definition) is 5. The molecule has 0 atom stereocenters. The molecule has 1 N–H and O–H groups in total. The van der Waals surface area contributed by atoms with Crippen LogP contribution < -0.4 is 0 Å². The molecule has 0 aromatic carbocycles. The maximum Gasteiger partial charge on any atom is 0.224 e. The third kappa shape index (κ3) is 3.65. The molecule has 8 nitrogen and oxygen atoms in total. The van der Waals surface area contributed by atoms with Crippen molar-refractivity contribution < 1.29 is 14.3 Å². The summed E-state index contributed by atoms with van der Waals surface area (Å²) in [5, 5.41) is 18.2. The Kier molecular flexibility index (Phi) is 5.41. The highest BCUT2D eigenvalue weighted by Gasteiger charge is 2.18. The molecule has 26 heavy (non-hydrogen) atoms. The summed E-state index contributed by atoms with van der Waals surface area (Å²) >= 11 is 0. The first kappa shape index (κ1) is 18.2. The fourth-order valence-electron chi connectivity index (χ4n) is 3.10. The van der Waals surface area contributed by atoms with Crippen molar-refractivity contribution in [2.75, 3.05) is 13.2 Å². The van der Waals surface area contributed by atoms with Gasteiger partial charge < -0.3 is 14.4 Å². The maximum absolute atomic E-state index is 12.6. The minimum atomic E-state index is -0.0846. The van der Waals surface area contributed by atoms with Gasteiger partial charge in [0, 0.05) is 19.0 Å². The van der Waals surface area contributed by atoms with Gasteiger partial charge >= 0.3 is 0 Å². The Labute approximate surface area is 152 Å². The van der Waals surface area contributed by atoms with Gasteiger partial charge in [0.1, 0.15) is 16.8 Å². The van der Waals surface area contributed by atoms with Gasteiger partial charge in [-0.1, -0.05) is 0 Å². The second kappa shape index (κ2) is 7.74. The van der Waals surface area contributed by atoms with Crippen LogP contribution >= 0.6 is 0 Å². The van der Waals surface area contributed by atoms with Gasteiger partial charge in [-0.3, -0.25) is 14.2 Å². The molecule has 0 spiro atoms. The summed E-state index contributed by atoms with van der Waals surface area (Å²) in [7, 11) is 0. The van der Waals surface area contributed by atoms with E-state index in [1.165, 1.54) is 0 Å². The number of furan rings is 1. The summed E-state index contributed by atoms with van der Waals surface area (Å²) in [6.07, 6.45) is 3.67. The van der Waals surface area contributed by atoms with Gasteiger partial charge in [-0.2, -0.15) is 10.2 Å². The van der Waals surface area contributed by atoms with E-state index < -0.39 is 0 Å². The van der Waals surface area contributed by atoms with Gasteiger partial charge in [-0.25, -0.2) is 0 Å². The zero-order chi connectivity index (χ0) is 18.7. The molecule has 0 bridgehead atoms. The van der Waals surface area contributed by atoms with Crippen LogP contribution in [-0.4, -0.2) is 48.6 Å². The second-order valence-electron chi connectivity index (χ2n) is 6.59. The Morgan fingerprint density at radius 2 is 2.23 bits per heavy atom. The minimum Gasteiger partial charge on any atom is -0.467 e. The van der Waals surface area contributed by atoms with Crippen molar-refractivity contribution >= 4 is 16.9 Å². The lowest BCUT2D eigenvalue weighted by atomic mass is 10.3. The summed E-state index contributed by atoms with van der Waals surface area (Å²) in [5.41, 5.74) is 2.85. The van der Waals surface area contributed by atoms with Crippen molar-refractivity contribution in [2.24, 2.45) is 0 Å². The third-order valence-corrected chi connectivity index (χ3v) is 4.34. The van der Waals surface area contributed by atoms with Gasteiger partial charge in [0.25, 0.3) is 0 Å². The lowest BCUT2D eigenvalue weighted by Gasteiger charge is -2.20. The number of nitrogens with zero attached hydrogens (tertiary/aromatic N) is 5. The first-order valence-corrected chi connectivity index (χ1v) is 8.83. The molecule has 8 heteroatoms. The quantitative estimate of drug-likeness (QED) is 0.665. The second-order valence-corrected chi connectivity index (χ2v) is 6.59. The van der Waals surface area contributed by atoms with Crippen molar-refractivity contribution in [1.82, 2.24) is 24.5 Å². The average molecular weight is 359 g/mol. The van der Waals surface area contributed by atoms with Crippen molar-refractivity contribution in [3.8, 4) is 0 Å². The third-order valence-electron chi connectivity index (χ3n) is 4.34. The van der Waals surface area contributed by atoms with Gasteiger partial charge in [0.15, 0.2) is 0 Å². The number of amides is 1. The van der Waals surface area contributed by atoms with Crippen LogP contribution in [0, 0.1) is 6.92 Å². The predicted octanol–water partition coefficient (Wildman–Crippen LogP) is 2.13. The molecule has 3 heterocycles. The topological polar surface area (TPSA) is 89.3 Å². The molecule has 3 rings (SSSR count). The Bertz CT molecular complexity index is 863. The summed E-state index contributed by atoms with van der Waals surface area (Å²) in [6.45, 7) is 7.12. The van der Waals surface area contributed by atoms with Crippen LogP contribution in [-0.2, 0) is 17.9 Å². The highest BCUT2D eigenvalue weighted by molar-refractivity contribution is 5.79. The van der Waals surface area contributed by atoms with Crippen LogP contribution in [0.15, 0.2) is 29.0 Å². The van der Waals surface area contributed by atoms with Crippen LogP contribution in [0.5, 0.6) is 0 Å². The van der Waals surface area contributed by atoms with E-state index >= 15 is 0 Å². The van der Waals surface area contributed by atoms with Crippen molar-refractivity contribution in [3.63, 3.8) is 0 Å². The van der Waals surface area contributed by atoms with E-state index in [1.807, 2.05) is 22.4 Å². The first-order valence-electron chi connectivity index (χ1n) is 8.83. The summed E-state index contributed by atoms with van der Waals surface area (Å²) in [5.74, 6) is 0.648. The molecular weight excluding hydrogens is 334 g/mol. The molecule has 3 aromatic rings. The zero-order valence-electron chi connectivity index (χ0n) is 15.4. The summed E-state index contributed by atoms with van der Waals surface area (Å²) < 4.78 is 9.09. The van der Waals surface area contributed by atoms with E-state index in [1.54, 1.807) is 23.4 Å². The lowest BCUT2D eigenvalue weighted by Crippen LogP contribution is -2.33. The minimum absolute atomic E-state index is 0.0481. The Balaban J connectivity index is 1.71. The number of aliphatic hydroxyl groups is 1. The molecule has 0 aliphatic carbocycles. The average Bonchev–Trinajstić information content (AvgIpc) is 3.31. The van der Waals surface area contributed by atoms with E-state index in [4.69, 9.17) is 4.42 Å². The number of hydrogen-bond donors (Lipinski definition) is 1. The number of carbonyl (C=O) groups is 1. The normalized spacial score (nSPS) is 11.6. The number of aromatic nitrogens is 4. The van der Waals surface area contributed by atoms with E-state index in [-0.39, 0.29) is 25.1 Å². The number of rotatable bonds is 8. The highest BCUT2D eigenvalue weighted by Crippen LogP contribution is 2.21. The predicted molar refractivity (Wildman–Crippen MR) is 96.5 cm³/mol. The largest absolute Gasteiger partial charge is 0.467 e. The van der Waals surface area contributed by atoms with E-state index in [2.05, 4.69) is 24.0 Å². The van der Waals surface area contributed by atoms with E-state index in [9.17, 15) is 9.90 Å². The molecule has 0 radical (unpaired) electrons. The highest BCUT2D eigenvalue weighted by atomic mass is 16.3. The van der Waals surface area contributed by atoms with E-state index in [0.717, 1.165) is 16.7 Å².